The van der Waals surface area contributed by atoms with Crippen molar-refractivity contribution in [3.8, 4) is 11.4 Å². The van der Waals surface area contributed by atoms with Gasteiger partial charge in [-0.2, -0.15) is 0 Å². The molecule has 2 aliphatic carbocycles. The number of anilines is 1. The fourth-order valence-corrected chi connectivity index (χ4v) is 5.37. The maximum atomic E-state index is 12.9. The lowest BCUT2D eigenvalue weighted by Crippen LogP contribution is -2.40. The van der Waals surface area contributed by atoms with Gasteiger partial charge in [0.05, 0.1) is 0 Å². The molecule has 0 radical (unpaired) electrons. The first-order valence-corrected chi connectivity index (χ1v) is 11.1. The van der Waals surface area contributed by atoms with Crippen molar-refractivity contribution in [3.63, 3.8) is 0 Å². The van der Waals surface area contributed by atoms with E-state index >= 15 is 0 Å². The quantitative estimate of drug-likeness (QED) is 0.856. The van der Waals surface area contributed by atoms with Crippen molar-refractivity contribution in [1.82, 2.24) is 14.8 Å². The van der Waals surface area contributed by atoms with E-state index in [2.05, 4.69) is 20.1 Å². The third kappa shape index (κ3) is 3.61. The third-order valence-corrected chi connectivity index (χ3v) is 6.92. The zero-order chi connectivity index (χ0) is 19.8. The van der Waals surface area contributed by atoms with Crippen molar-refractivity contribution >= 4 is 17.4 Å². The average Bonchev–Trinajstić information content (AvgIpc) is 2.96. The van der Waals surface area contributed by atoms with Crippen LogP contribution in [-0.4, -0.2) is 26.5 Å². The molecule has 2 bridgehead atoms. The van der Waals surface area contributed by atoms with Gasteiger partial charge in [0, 0.05) is 42.0 Å². The normalized spacial score (nSPS) is 26.5. The monoisotopic (exact) mass is 392 g/mol. The van der Waals surface area contributed by atoms with E-state index in [0.29, 0.717) is 18.6 Å². The SMILES string of the molecule is O=C(Nc1cccc(-c2nnc3n2CCCCC3)c1)C1CC2CCCC(C1)C2=O. The van der Waals surface area contributed by atoms with E-state index in [1.165, 1.54) is 12.8 Å². The Balaban J connectivity index is 1.33. The summed E-state index contributed by atoms with van der Waals surface area (Å²) < 4.78 is 2.22. The fraction of sp³-hybridized carbons (Fsp3) is 0.565. The lowest BCUT2D eigenvalue weighted by Gasteiger charge is -2.36. The highest BCUT2D eigenvalue weighted by atomic mass is 16.2. The van der Waals surface area contributed by atoms with E-state index in [0.717, 1.165) is 61.5 Å². The molecule has 1 amide bonds. The van der Waals surface area contributed by atoms with Crippen LogP contribution in [0.3, 0.4) is 0 Å². The summed E-state index contributed by atoms with van der Waals surface area (Å²) in [5, 5.41) is 11.9. The average molecular weight is 393 g/mol. The number of hydrogen-bond acceptors (Lipinski definition) is 4. The lowest BCUT2D eigenvalue weighted by atomic mass is 9.67. The molecule has 2 atom stereocenters. The zero-order valence-corrected chi connectivity index (χ0v) is 16.8. The number of ketones is 1. The van der Waals surface area contributed by atoms with Gasteiger partial charge in [0.1, 0.15) is 11.6 Å². The number of fused-ring (bicyclic) bond motifs is 3. The van der Waals surface area contributed by atoms with Gasteiger partial charge in [0.15, 0.2) is 5.82 Å². The van der Waals surface area contributed by atoms with Gasteiger partial charge in [0.25, 0.3) is 0 Å². The molecule has 2 saturated carbocycles. The molecule has 2 aromatic rings. The van der Waals surface area contributed by atoms with Crippen LogP contribution in [0, 0.1) is 17.8 Å². The molecule has 1 N–H and O–H groups in total. The second-order valence-corrected chi connectivity index (χ2v) is 8.87. The number of carbonyl (C=O) groups excluding carboxylic acids is 2. The molecule has 2 unspecified atom stereocenters. The first-order valence-electron chi connectivity index (χ1n) is 11.1. The minimum atomic E-state index is -0.0592. The standard InChI is InChI=1S/C23H28N4O2/c28-21-15-6-4-7-16(21)13-18(12-15)23(29)24-19-9-5-8-17(14-19)22-26-25-20-10-2-1-3-11-27(20)22/h5,8-9,14-16,18H,1-4,6-7,10-13H2,(H,24,29). The Morgan fingerprint density at radius 2 is 1.86 bits per heavy atom. The smallest absolute Gasteiger partial charge is 0.227 e. The fourth-order valence-electron chi connectivity index (χ4n) is 5.37. The number of aromatic nitrogens is 3. The molecular formula is C23H28N4O2. The number of Topliss-reactive ketones (excluding diaryl/α,β-unsaturated/α-hetero) is 1. The predicted octanol–water partition coefficient (Wildman–Crippen LogP) is 4.01. The van der Waals surface area contributed by atoms with E-state index in [9.17, 15) is 9.59 Å². The first kappa shape index (κ1) is 18.5. The van der Waals surface area contributed by atoms with Crippen LogP contribution in [0.1, 0.15) is 57.2 Å². The van der Waals surface area contributed by atoms with E-state index in [1.807, 2.05) is 24.3 Å². The predicted molar refractivity (Wildman–Crippen MR) is 110 cm³/mol. The number of benzene rings is 1. The van der Waals surface area contributed by atoms with E-state index in [-0.39, 0.29) is 23.7 Å². The Labute approximate surface area is 171 Å². The summed E-state index contributed by atoms with van der Waals surface area (Å²) >= 11 is 0. The topological polar surface area (TPSA) is 76.9 Å². The summed E-state index contributed by atoms with van der Waals surface area (Å²) in [7, 11) is 0. The second-order valence-electron chi connectivity index (χ2n) is 8.87. The van der Waals surface area contributed by atoms with Crippen LogP contribution >= 0.6 is 0 Å². The number of amides is 1. The molecule has 29 heavy (non-hydrogen) atoms. The van der Waals surface area contributed by atoms with Gasteiger partial charge in [-0.15, -0.1) is 10.2 Å². The van der Waals surface area contributed by atoms with Gasteiger partial charge in [-0.05, 0) is 50.7 Å². The molecule has 6 heteroatoms. The van der Waals surface area contributed by atoms with Crippen molar-refractivity contribution in [2.75, 3.05) is 5.32 Å². The van der Waals surface area contributed by atoms with Crippen LogP contribution in [0.25, 0.3) is 11.4 Å². The summed E-state index contributed by atoms with van der Waals surface area (Å²) in [6.45, 7) is 0.952. The maximum absolute atomic E-state index is 12.9. The highest BCUT2D eigenvalue weighted by molar-refractivity contribution is 5.95. The molecule has 0 spiro atoms. The van der Waals surface area contributed by atoms with Crippen LogP contribution in [0.2, 0.25) is 0 Å². The van der Waals surface area contributed by atoms with Crippen molar-refractivity contribution < 1.29 is 9.59 Å². The molecule has 1 aliphatic heterocycles. The molecule has 6 nitrogen and oxygen atoms in total. The summed E-state index contributed by atoms with van der Waals surface area (Å²) in [5.74, 6) is 2.52. The molecule has 5 rings (SSSR count). The minimum absolute atomic E-state index is 0.0478. The number of aryl methyl sites for hydroxylation is 1. The van der Waals surface area contributed by atoms with E-state index < -0.39 is 0 Å². The van der Waals surface area contributed by atoms with Crippen molar-refractivity contribution in [1.29, 1.82) is 0 Å². The van der Waals surface area contributed by atoms with Crippen molar-refractivity contribution in [2.24, 2.45) is 17.8 Å². The number of carbonyl (C=O) groups is 2. The Morgan fingerprint density at radius 1 is 1.03 bits per heavy atom. The number of nitrogens with zero attached hydrogens (tertiary/aromatic N) is 3. The third-order valence-electron chi connectivity index (χ3n) is 6.92. The Morgan fingerprint density at radius 3 is 2.69 bits per heavy atom. The molecule has 0 saturated heterocycles. The van der Waals surface area contributed by atoms with Gasteiger partial charge in [-0.25, -0.2) is 0 Å². The molecule has 2 fully saturated rings. The van der Waals surface area contributed by atoms with Gasteiger partial charge in [-0.1, -0.05) is 25.0 Å². The summed E-state index contributed by atoms with van der Waals surface area (Å²) in [6.07, 6.45) is 8.96. The van der Waals surface area contributed by atoms with Gasteiger partial charge in [-0.3, -0.25) is 9.59 Å². The summed E-state index contributed by atoms with van der Waals surface area (Å²) in [4.78, 5) is 25.2. The van der Waals surface area contributed by atoms with Gasteiger partial charge >= 0.3 is 0 Å². The Bertz CT molecular complexity index is 919. The maximum Gasteiger partial charge on any atom is 0.227 e. The van der Waals surface area contributed by atoms with Crippen molar-refractivity contribution in [2.45, 2.75) is 64.3 Å². The van der Waals surface area contributed by atoms with Crippen LogP contribution in [-0.2, 0) is 22.6 Å². The van der Waals surface area contributed by atoms with E-state index in [4.69, 9.17) is 0 Å². The number of rotatable bonds is 3. The molecule has 2 heterocycles. The van der Waals surface area contributed by atoms with E-state index in [1.54, 1.807) is 0 Å². The van der Waals surface area contributed by atoms with Gasteiger partial charge < -0.3 is 9.88 Å². The highest BCUT2D eigenvalue weighted by Crippen LogP contribution is 2.40. The highest BCUT2D eigenvalue weighted by Gasteiger charge is 2.41. The molecule has 3 aliphatic rings. The summed E-state index contributed by atoms with van der Waals surface area (Å²) in [6, 6.07) is 7.91. The largest absolute Gasteiger partial charge is 0.326 e. The van der Waals surface area contributed by atoms with Gasteiger partial charge in [0.2, 0.25) is 5.91 Å². The second kappa shape index (κ2) is 7.73. The zero-order valence-electron chi connectivity index (χ0n) is 16.8. The van der Waals surface area contributed by atoms with Crippen LogP contribution in [0.5, 0.6) is 0 Å². The Hall–Kier alpha value is -2.50. The lowest BCUT2D eigenvalue weighted by molar-refractivity contribution is -0.136. The minimum Gasteiger partial charge on any atom is -0.326 e. The first-order chi connectivity index (χ1) is 14.2. The Kier molecular flexibility index (Phi) is 4.94. The number of nitrogens with one attached hydrogen (secondary N) is 1. The summed E-state index contributed by atoms with van der Waals surface area (Å²) in [5.41, 5.74) is 1.78. The molecular weight excluding hydrogens is 364 g/mol. The number of hydrogen-bond donors (Lipinski definition) is 1. The van der Waals surface area contributed by atoms with Crippen molar-refractivity contribution in [3.05, 3.63) is 30.1 Å². The van der Waals surface area contributed by atoms with Crippen LogP contribution < -0.4 is 5.32 Å². The van der Waals surface area contributed by atoms with Crippen LogP contribution in [0.15, 0.2) is 24.3 Å². The molecule has 152 valence electrons. The molecule has 1 aromatic carbocycles. The van der Waals surface area contributed by atoms with Crippen LogP contribution in [0.4, 0.5) is 5.69 Å². The molecule has 1 aromatic heterocycles.